The molecule has 1 rings (SSSR count). The van der Waals surface area contributed by atoms with Gasteiger partial charge in [0.25, 0.3) is 0 Å². The van der Waals surface area contributed by atoms with E-state index in [9.17, 15) is 14.3 Å². The standard InChI is InChI=1S/C14H17FN2O2/c1-10(6-7-16)17(2)14(19)9-13(18)11-4-3-5-12(15)8-11/h3-5,8,10,13,18H,6,9H2,1-2H3. The van der Waals surface area contributed by atoms with Crippen molar-refractivity contribution in [2.24, 2.45) is 0 Å². The van der Waals surface area contributed by atoms with Crippen molar-refractivity contribution in [2.75, 3.05) is 7.05 Å². The van der Waals surface area contributed by atoms with E-state index in [1.807, 2.05) is 6.07 Å². The third-order valence-corrected chi connectivity index (χ3v) is 3.04. The summed E-state index contributed by atoms with van der Waals surface area (Å²) >= 11 is 0. The molecule has 4 nitrogen and oxygen atoms in total. The number of carbonyl (C=O) groups excluding carboxylic acids is 1. The van der Waals surface area contributed by atoms with Gasteiger partial charge in [-0.1, -0.05) is 12.1 Å². The van der Waals surface area contributed by atoms with Crippen LogP contribution in [0, 0.1) is 17.1 Å². The maximum absolute atomic E-state index is 13.0. The van der Waals surface area contributed by atoms with E-state index in [0.717, 1.165) is 0 Å². The summed E-state index contributed by atoms with van der Waals surface area (Å²) in [5.74, 6) is -0.727. The Morgan fingerprint density at radius 2 is 2.26 bits per heavy atom. The van der Waals surface area contributed by atoms with Gasteiger partial charge in [0.15, 0.2) is 0 Å². The lowest BCUT2D eigenvalue weighted by Crippen LogP contribution is -2.35. The lowest BCUT2D eigenvalue weighted by atomic mass is 10.1. The molecule has 2 unspecified atom stereocenters. The van der Waals surface area contributed by atoms with Gasteiger partial charge in [-0.2, -0.15) is 5.26 Å². The van der Waals surface area contributed by atoms with E-state index >= 15 is 0 Å². The van der Waals surface area contributed by atoms with Crippen molar-refractivity contribution in [3.63, 3.8) is 0 Å². The van der Waals surface area contributed by atoms with Gasteiger partial charge in [-0.05, 0) is 24.6 Å². The van der Waals surface area contributed by atoms with Crippen LogP contribution in [0.5, 0.6) is 0 Å². The Kier molecular flexibility index (Phi) is 5.46. The molecule has 0 aromatic heterocycles. The van der Waals surface area contributed by atoms with Gasteiger partial charge in [-0.3, -0.25) is 4.79 Å². The van der Waals surface area contributed by atoms with Crippen LogP contribution in [-0.2, 0) is 4.79 Å². The van der Waals surface area contributed by atoms with Crippen LogP contribution in [-0.4, -0.2) is 29.0 Å². The van der Waals surface area contributed by atoms with Crippen molar-refractivity contribution < 1.29 is 14.3 Å². The highest BCUT2D eigenvalue weighted by Crippen LogP contribution is 2.19. The summed E-state index contributed by atoms with van der Waals surface area (Å²) in [5.41, 5.74) is 0.370. The maximum Gasteiger partial charge on any atom is 0.225 e. The summed E-state index contributed by atoms with van der Waals surface area (Å²) in [6.45, 7) is 1.76. The van der Waals surface area contributed by atoms with E-state index in [2.05, 4.69) is 0 Å². The monoisotopic (exact) mass is 264 g/mol. The lowest BCUT2D eigenvalue weighted by Gasteiger charge is -2.24. The molecular weight excluding hydrogens is 247 g/mol. The van der Waals surface area contributed by atoms with E-state index in [-0.39, 0.29) is 24.8 Å². The second-order valence-electron chi connectivity index (χ2n) is 4.49. The van der Waals surface area contributed by atoms with E-state index in [1.54, 1.807) is 20.0 Å². The van der Waals surface area contributed by atoms with Crippen molar-refractivity contribution in [1.82, 2.24) is 4.90 Å². The molecule has 1 aromatic carbocycles. The van der Waals surface area contributed by atoms with Gasteiger partial charge >= 0.3 is 0 Å². The largest absolute Gasteiger partial charge is 0.388 e. The summed E-state index contributed by atoms with van der Waals surface area (Å²) < 4.78 is 13.0. The van der Waals surface area contributed by atoms with E-state index < -0.39 is 11.9 Å². The first-order chi connectivity index (χ1) is 8.95. The molecule has 1 aromatic rings. The Bertz CT molecular complexity index is 485. The van der Waals surface area contributed by atoms with E-state index in [4.69, 9.17) is 5.26 Å². The topological polar surface area (TPSA) is 64.3 Å². The van der Waals surface area contributed by atoms with Gasteiger partial charge in [0.1, 0.15) is 5.82 Å². The van der Waals surface area contributed by atoms with Gasteiger partial charge in [0, 0.05) is 13.1 Å². The molecule has 0 spiro atoms. The van der Waals surface area contributed by atoms with Crippen molar-refractivity contribution in [1.29, 1.82) is 5.26 Å². The number of amides is 1. The Morgan fingerprint density at radius 3 is 2.84 bits per heavy atom. The van der Waals surface area contributed by atoms with Crippen molar-refractivity contribution in [3.05, 3.63) is 35.6 Å². The fourth-order valence-corrected chi connectivity index (χ4v) is 1.66. The van der Waals surface area contributed by atoms with E-state index in [0.29, 0.717) is 5.56 Å². The number of nitrogens with zero attached hydrogens (tertiary/aromatic N) is 2. The highest BCUT2D eigenvalue weighted by molar-refractivity contribution is 5.76. The molecule has 0 heterocycles. The second kappa shape index (κ2) is 6.86. The number of nitriles is 1. The molecule has 0 aliphatic carbocycles. The highest BCUT2D eigenvalue weighted by atomic mass is 19.1. The first-order valence-corrected chi connectivity index (χ1v) is 6.01. The minimum absolute atomic E-state index is 0.129. The smallest absolute Gasteiger partial charge is 0.225 e. The molecule has 2 atom stereocenters. The van der Waals surface area contributed by atoms with Gasteiger partial charge in [0.05, 0.1) is 25.0 Å². The Labute approximate surface area is 112 Å². The van der Waals surface area contributed by atoms with Crippen molar-refractivity contribution in [2.45, 2.75) is 31.9 Å². The molecule has 0 fully saturated rings. The lowest BCUT2D eigenvalue weighted by molar-refractivity contribution is -0.133. The number of aliphatic hydroxyl groups is 1. The fourth-order valence-electron chi connectivity index (χ4n) is 1.66. The molecule has 102 valence electrons. The fraction of sp³-hybridized carbons (Fsp3) is 0.429. The molecule has 0 saturated heterocycles. The Hall–Kier alpha value is -1.93. The minimum Gasteiger partial charge on any atom is -0.388 e. The number of rotatable bonds is 5. The molecule has 0 aliphatic heterocycles. The van der Waals surface area contributed by atoms with Crippen LogP contribution < -0.4 is 0 Å². The molecule has 19 heavy (non-hydrogen) atoms. The van der Waals surface area contributed by atoms with Crippen LogP contribution in [0.3, 0.4) is 0 Å². The van der Waals surface area contributed by atoms with Crippen LogP contribution in [0.25, 0.3) is 0 Å². The third kappa shape index (κ3) is 4.34. The first-order valence-electron chi connectivity index (χ1n) is 6.01. The summed E-state index contributed by atoms with van der Waals surface area (Å²) in [4.78, 5) is 13.3. The van der Waals surface area contributed by atoms with Crippen LogP contribution in [0.4, 0.5) is 4.39 Å². The summed E-state index contributed by atoms with van der Waals surface area (Å²) in [7, 11) is 1.59. The predicted octanol–water partition coefficient (Wildman–Crippen LogP) is 2.01. The van der Waals surface area contributed by atoms with Crippen LogP contribution in [0.2, 0.25) is 0 Å². The minimum atomic E-state index is -1.04. The summed E-state index contributed by atoms with van der Waals surface area (Å²) in [6.07, 6.45) is -0.937. The average molecular weight is 264 g/mol. The molecule has 0 radical (unpaired) electrons. The molecule has 0 saturated carbocycles. The first kappa shape index (κ1) is 15.1. The highest BCUT2D eigenvalue weighted by Gasteiger charge is 2.20. The zero-order valence-electron chi connectivity index (χ0n) is 11.0. The normalized spacial score (nSPS) is 13.4. The molecule has 1 amide bonds. The summed E-state index contributed by atoms with van der Waals surface area (Å²) in [5, 5.41) is 18.5. The number of benzene rings is 1. The quantitative estimate of drug-likeness (QED) is 0.884. The number of hydrogen-bond acceptors (Lipinski definition) is 3. The van der Waals surface area contributed by atoms with Crippen molar-refractivity contribution in [3.8, 4) is 6.07 Å². The van der Waals surface area contributed by atoms with Crippen LogP contribution >= 0.6 is 0 Å². The predicted molar refractivity (Wildman–Crippen MR) is 68.4 cm³/mol. The van der Waals surface area contributed by atoms with Crippen LogP contribution in [0.1, 0.15) is 31.4 Å². The summed E-state index contributed by atoms with van der Waals surface area (Å²) in [6, 6.07) is 7.32. The zero-order chi connectivity index (χ0) is 14.4. The van der Waals surface area contributed by atoms with E-state index in [1.165, 1.54) is 23.1 Å². The number of halogens is 1. The molecule has 5 heteroatoms. The van der Waals surface area contributed by atoms with Crippen LogP contribution in [0.15, 0.2) is 24.3 Å². The maximum atomic E-state index is 13.0. The zero-order valence-corrected chi connectivity index (χ0v) is 11.0. The molecule has 1 N–H and O–H groups in total. The molecule has 0 aliphatic rings. The Morgan fingerprint density at radius 1 is 1.58 bits per heavy atom. The number of hydrogen-bond donors (Lipinski definition) is 1. The SMILES string of the molecule is CC(CC#N)N(C)C(=O)CC(O)c1cccc(F)c1. The third-order valence-electron chi connectivity index (χ3n) is 3.04. The van der Waals surface area contributed by atoms with Crippen molar-refractivity contribution >= 4 is 5.91 Å². The molecular formula is C14H17FN2O2. The van der Waals surface area contributed by atoms with Gasteiger partial charge in [0.2, 0.25) is 5.91 Å². The molecule has 0 bridgehead atoms. The van der Waals surface area contributed by atoms with Gasteiger partial charge in [-0.15, -0.1) is 0 Å². The van der Waals surface area contributed by atoms with Gasteiger partial charge in [-0.25, -0.2) is 4.39 Å². The second-order valence-corrected chi connectivity index (χ2v) is 4.49. The Balaban J connectivity index is 2.64. The van der Waals surface area contributed by atoms with Gasteiger partial charge < -0.3 is 10.0 Å². The number of aliphatic hydroxyl groups excluding tert-OH is 1. The number of carbonyl (C=O) groups is 1. The average Bonchev–Trinajstić information content (AvgIpc) is 2.37.